The lowest BCUT2D eigenvalue weighted by molar-refractivity contribution is -0.127. The van der Waals surface area contributed by atoms with E-state index in [1.54, 1.807) is 29.3 Å². The second-order valence-electron chi connectivity index (χ2n) is 8.29. The maximum absolute atomic E-state index is 13.7. The molecule has 1 atom stereocenters. The van der Waals surface area contributed by atoms with E-state index in [9.17, 15) is 9.59 Å². The third-order valence-electron chi connectivity index (χ3n) is 5.97. The normalized spacial score (nSPS) is 15.0. The molecule has 1 saturated carbocycles. The summed E-state index contributed by atoms with van der Waals surface area (Å²) in [5, 5.41) is 3.24. The van der Waals surface area contributed by atoms with Crippen LogP contribution in [0.15, 0.2) is 85.1 Å². The number of amides is 2. The van der Waals surface area contributed by atoms with Gasteiger partial charge in [0.1, 0.15) is 11.7 Å². The fourth-order valence-electron chi connectivity index (χ4n) is 4.33. The van der Waals surface area contributed by atoms with Crippen LogP contribution in [0.25, 0.3) is 0 Å². The maximum atomic E-state index is 13.7. The van der Waals surface area contributed by atoms with Crippen molar-refractivity contribution in [3.8, 4) is 0 Å². The molecule has 1 heterocycles. The summed E-state index contributed by atoms with van der Waals surface area (Å²) in [6.07, 6.45) is 7.05. The highest BCUT2D eigenvalue weighted by Gasteiger charge is 2.33. The number of rotatable bonds is 7. The standard InChI is InChI=1S/C27H29N3O2/c31-26(29-23-16-8-3-9-17-23)25(22-14-6-2-7-15-22)30(20-21-12-4-1-5-13-21)27(32)24-18-10-11-19-28-24/h1-2,4-7,10-15,18-19,23,25H,3,8-9,16-17,20H2,(H,29,31). The molecular formula is C27H29N3O2. The topological polar surface area (TPSA) is 62.3 Å². The van der Waals surface area contributed by atoms with Crippen molar-refractivity contribution in [2.45, 2.75) is 50.7 Å². The molecule has 4 rings (SSSR count). The zero-order valence-corrected chi connectivity index (χ0v) is 18.2. The molecule has 0 aliphatic heterocycles. The van der Waals surface area contributed by atoms with Crippen molar-refractivity contribution >= 4 is 11.8 Å². The van der Waals surface area contributed by atoms with Gasteiger partial charge in [0.2, 0.25) is 5.91 Å². The van der Waals surface area contributed by atoms with Crippen LogP contribution in [0.1, 0.15) is 59.8 Å². The second-order valence-corrected chi connectivity index (χ2v) is 8.29. The van der Waals surface area contributed by atoms with E-state index < -0.39 is 6.04 Å². The van der Waals surface area contributed by atoms with Crippen molar-refractivity contribution in [2.24, 2.45) is 0 Å². The Bertz CT molecular complexity index is 1000. The molecule has 1 unspecified atom stereocenters. The minimum Gasteiger partial charge on any atom is -0.351 e. The largest absolute Gasteiger partial charge is 0.351 e. The lowest BCUT2D eigenvalue weighted by atomic mass is 9.94. The van der Waals surface area contributed by atoms with E-state index in [0.29, 0.717) is 12.2 Å². The predicted octanol–water partition coefficient (Wildman–Crippen LogP) is 4.91. The Kier molecular flexibility index (Phi) is 7.28. The van der Waals surface area contributed by atoms with Crippen LogP contribution in [0.4, 0.5) is 0 Å². The summed E-state index contributed by atoms with van der Waals surface area (Å²) in [5.41, 5.74) is 2.08. The van der Waals surface area contributed by atoms with Crippen LogP contribution in [-0.4, -0.2) is 27.7 Å². The summed E-state index contributed by atoms with van der Waals surface area (Å²) in [4.78, 5) is 33.2. The summed E-state index contributed by atoms with van der Waals surface area (Å²) in [6.45, 7) is 0.313. The first kappa shape index (κ1) is 21.8. The molecule has 0 saturated heterocycles. The van der Waals surface area contributed by atoms with Gasteiger partial charge < -0.3 is 10.2 Å². The third-order valence-corrected chi connectivity index (χ3v) is 5.97. The maximum Gasteiger partial charge on any atom is 0.273 e. The Morgan fingerprint density at radius 1 is 0.875 bits per heavy atom. The minimum atomic E-state index is -0.743. The molecule has 3 aromatic rings. The fraction of sp³-hybridized carbons (Fsp3) is 0.296. The lowest BCUT2D eigenvalue weighted by Gasteiger charge is -2.33. The van der Waals surface area contributed by atoms with Gasteiger partial charge in [-0.25, -0.2) is 0 Å². The van der Waals surface area contributed by atoms with Crippen LogP contribution in [0.3, 0.4) is 0 Å². The molecule has 0 bridgehead atoms. The molecule has 5 nitrogen and oxygen atoms in total. The summed E-state index contributed by atoms with van der Waals surface area (Å²) >= 11 is 0. The molecule has 2 aromatic carbocycles. The first-order valence-corrected chi connectivity index (χ1v) is 11.3. The average molecular weight is 428 g/mol. The Balaban J connectivity index is 1.71. The molecule has 0 spiro atoms. The van der Waals surface area contributed by atoms with Crippen LogP contribution >= 0.6 is 0 Å². The van der Waals surface area contributed by atoms with Gasteiger partial charge in [-0.05, 0) is 36.1 Å². The molecule has 1 aromatic heterocycles. The summed E-state index contributed by atoms with van der Waals surface area (Å²) < 4.78 is 0. The van der Waals surface area contributed by atoms with E-state index in [1.807, 2.05) is 60.7 Å². The first-order chi connectivity index (χ1) is 15.7. The second kappa shape index (κ2) is 10.7. The van der Waals surface area contributed by atoms with Gasteiger partial charge in [0.05, 0.1) is 0 Å². The van der Waals surface area contributed by atoms with Gasteiger partial charge in [0.25, 0.3) is 5.91 Å². The van der Waals surface area contributed by atoms with Gasteiger partial charge >= 0.3 is 0 Å². The summed E-state index contributed by atoms with van der Waals surface area (Å²) in [6, 6.07) is 24.0. The van der Waals surface area contributed by atoms with Crippen molar-refractivity contribution in [2.75, 3.05) is 0 Å². The number of nitrogens with zero attached hydrogens (tertiary/aromatic N) is 2. The highest BCUT2D eigenvalue weighted by atomic mass is 16.2. The Morgan fingerprint density at radius 3 is 2.19 bits per heavy atom. The number of hydrogen-bond donors (Lipinski definition) is 1. The number of nitrogens with one attached hydrogen (secondary N) is 1. The zero-order chi connectivity index (χ0) is 22.2. The van der Waals surface area contributed by atoms with Crippen LogP contribution in [0.5, 0.6) is 0 Å². The monoisotopic (exact) mass is 427 g/mol. The molecular weight excluding hydrogens is 398 g/mol. The van der Waals surface area contributed by atoms with Crippen molar-refractivity contribution in [3.05, 3.63) is 102 Å². The van der Waals surface area contributed by atoms with E-state index in [2.05, 4.69) is 10.3 Å². The van der Waals surface area contributed by atoms with Gasteiger partial charge in [-0.15, -0.1) is 0 Å². The predicted molar refractivity (Wildman–Crippen MR) is 125 cm³/mol. The minimum absolute atomic E-state index is 0.136. The SMILES string of the molecule is O=C(NC1CCCCC1)C(c1ccccc1)N(Cc1ccccc1)C(=O)c1ccccn1. The van der Waals surface area contributed by atoms with E-state index in [4.69, 9.17) is 0 Å². The van der Waals surface area contributed by atoms with Gasteiger partial charge in [0.15, 0.2) is 0 Å². The van der Waals surface area contributed by atoms with Crippen molar-refractivity contribution in [3.63, 3.8) is 0 Å². The van der Waals surface area contributed by atoms with Crippen LogP contribution in [0, 0.1) is 0 Å². The van der Waals surface area contributed by atoms with E-state index in [1.165, 1.54) is 6.42 Å². The molecule has 2 amide bonds. The number of carbonyl (C=O) groups is 2. The smallest absolute Gasteiger partial charge is 0.273 e. The van der Waals surface area contributed by atoms with Gasteiger partial charge in [-0.1, -0.05) is 86.0 Å². The van der Waals surface area contributed by atoms with E-state index in [0.717, 1.165) is 36.8 Å². The van der Waals surface area contributed by atoms with E-state index in [-0.39, 0.29) is 17.9 Å². The number of carbonyl (C=O) groups excluding carboxylic acids is 2. The molecule has 1 aliphatic rings. The van der Waals surface area contributed by atoms with E-state index >= 15 is 0 Å². The molecule has 164 valence electrons. The van der Waals surface area contributed by atoms with Gasteiger partial charge in [-0.2, -0.15) is 0 Å². The Labute approximate surface area is 189 Å². The molecule has 0 radical (unpaired) electrons. The molecule has 1 N–H and O–H groups in total. The molecule has 1 aliphatic carbocycles. The van der Waals surface area contributed by atoms with Crippen LogP contribution < -0.4 is 5.32 Å². The number of aromatic nitrogens is 1. The molecule has 32 heavy (non-hydrogen) atoms. The Hall–Kier alpha value is -3.47. The molecule has 5 heteroatoms. The number of benzene rings is 2. The first-order valence-electron chi connectivity index (χ1n) is 11.3. The number of hydrogen-bond acceptors (Lipinski definition) is 3. The summed E-state index contributed by atoms with van der Waals surface area (Å²) in [7, 11) is 0. The zero-order valence-electron chi connectivity index (χ0n) is 18.2. The fourth-order valence-corrected chi connectivity index (χ4v) is 4.33. The highest BCUT2D eigenvalue weighted by Crippen LogP contribution is 2.27. The average Bonchev–Trinajstić information content (AvgIpc) is 2.86. The van der Waals surface area contributed by atoms with Crippen molar-refractivity contribution in [1.29, 1.82) is 0 Å². The summed E-state index contributed by atoms with van der Waals surface area (Å²) in [5.74, 6) is -0.398. The van der Waals surface area contributed by atoms with Crippen molar-refractivity contribution in [1.82, 2.24) is 15.2 Å². The van der Waals surface area contributed by atoms with Gasteiger partial charge in [-0.3, -0.25) is 14.6 Å². The van der Waals surface area contributed by atoms with Crippen LogP contribution in [-0.2, 0) is 11.3 Å². The molecule has 1 fully saturated rings. The van der Waals surface area contributed by atoms with Gasteiger partial charge in [0, 0.05) is 18.8 Å². The quantitative estimate of drug-likeness (QED) is 0.582. The van der Waals surface area contributed by atoms with Crippen molar-refractivity contribution < 1.29 is 9.59 Å². The highest BCUT2D eigenvalue weighted by molar-refractivity contribution is 5.96. The third kappa shape index (κ3) is 5.41. The lowest BCUT2D eigenvalue weighted by Crippen LogP contribution is -2.47. The number of pyridine rings is 1. The Morgan fingerprint density at radius 2 is 1.53 bits per heavy atom. The van der Waals surface area contributed by atoms with Crippen LogP contribution in [0.2, 0.25) is 0 Å².